The number of hydrogen-bond donors (Lipinski definition) is 2. The summed E-state index contributed by atoms with van der Waals surface area (Å²) in [6, 6.07) is 2.80. The lowest BCUT2D eigenvalue weighted by molar-refractivity contribution is -0.114. The molecule has 0 saturated carbocycles. The van der Waals surface area contributed by atoms with Crippen molar-refractivity contribution >= 4 is 43.2 Å². The number of aromatic nitrogens is 4. The summed E-state index contributed by atoms with van der Waals surface area (Å²) in [7, 11) is -9.50. The smallest absolute Gasteiger partial charge is 0.286 e. The second-order valence-electron chi connectivity index (χ2n) is 5.52. The third kappa shape index (κ3) is 3.32. The predicted molar refractivity (Wildman–Crippen MR) is 91.8 cm³/mol. The Labute approximate surface area is 167 Å². The lowest BCUT2D eigenvalue weighted by Gasteiger charge is -2.18. The standard InChI is InChI=1S/C14H6N6O8S2/c15-1-9-10(2-16)14(22)12(20-6-8(4-18-20)30(26,27)28)11(13(9)21)19-5-7(3-17-19)29(23,24)25/h3-6H,(H,23,24,25)(H,26,27,28). The van der Waals surface area contributed by atoms with Gasteiger partial charge in [-0.25, -0.2) is 9.36 Å². The zero-order valence-corrected chi connectivity index (χ0v) is 15.8. The van der Waals surface area contributed by atoms with Crippen molar-refractivity contribution in [2.24, 2.45) is 0 Å². The lowest BCUT2D eigenvalue weighted by atomic mass is 9.91. The van der Waals surface area contributed by atoms with Crippen molar-refractivity contribution in [2.75, 3.05) is 0 Å². The van der Waals surface area contributed by atoms with Gasteiger partial charge in [-0.3, -0.25) is 18.7 Å². The average Bonchev–Trinajstić information content (AvgIpc) is 3.31. The maximum atomic E-state index is 12.8. The molecule has 0 saturated heterocycles. The maximum absolute atomic E-state index is 12.8. The Balaban J connectivity index is 2.37. The van der Waals surface area contributed by atoms with Crippen molar-refractivity contribution < 1.29 is 35.5 Å². The third-order valence-electron chi connectivity index (χ3n) is 3.75. The molecule has 2 N–H and O–H groups in total. The van der Waals surface area contributed by atoms with Crippen LogP contribution in [-0.4, -0.2) is 57.1 Å². The molecule has 1 aliphatic rings. The van der Waals surface area contributed by atoms with E-state index < -0.39 is 64.1 Å². The number of Topliss-reactive ketones (excluding diaryl/α,β-unsaturated/α-hetero) is 2. The number of ketones is 2. The molecule has 2 heterocycles. The Bertz CT molecular complexity index is 1380. The summed E-state index contributed by atoms with van der Waals surface area (Å²) in [4.78, 5) is 24.1. The van der Waals surface area contributed by atoms with Crippen molar-refractivity contribution in [2.45, 2.75) is 9.79 Å². The van der Waals surface area contributed by atoms with Crippen LogP contribution in [0.15, 0.2) is 45.7 Å². The molecule has 0 amide bonds. The number of rotatable bonds is 4. The largest absolute Gasteiger partial charge is 0.297 e. The Morgan fingerprint density at radius 1 is 0.767 bits per heavy atom. The summed E-state index contributed by atoms with van der Waals surface area (Å²) >= 11 is 0. The molecule has 0 aliphatic heterocycles. The Hall–Kier alpha value is -3.96. The number of carbonyl (C=O) groups excluding carboxylic acids is 2. The number of hydrogen-bond acceptors (Lipinski definition) is 10. The second-order valence-corrected chi connectivity index (χ2v) is 8.36. The molecule has 2 aromatic heterocycles. The molecule has 0 unspecified atom stereocenters. The van der Waals surface area contributed by atoms with Gasteiger partial charge in [0.05, 0.1) is 24.8 Å². The first-order valence-electron chi connectivity index (χ1n) is 7.33. The van der Waals surface area contributed by atoms with Gasteiger partial charge in [0.1, 0.15) is 44.5 Å². The van der Waals surface area contributed by atoms with Gasteiger partial charge in [-0.05, 0) is 0 Å². The van der Waals surface area contributed by atoms with Crippen molar-refractivity contribution in [3.63, 3.8) is 0 Å². The van der Waals surface area contributed by atoms with E-state index in [0.29, 0.717) is 34.2 Å². The zero-order valence-electron chi connectivity index (χ0n) is 14.2. The van der Waals surface area contributed by atoms with Gasteiger partial charge >= 0.3 is 0 Å². The molecule has 0 atom stereocenters. The molecule has 30 heavy (non-hydrogen) atoms. The molecule has 3 rings (SSSR count). The van der Waals surface area contributed by atoms with Crippen LogP contribution in [0.3, 0.4) is 0 Å². The molecular weight excluding hydrogens is 444 g/mol. The first-order chi connectivity index (χ1) is 13.9. The van der Waals surface area contributed by atoms with E-state index in [1.807, 2.05) is 0 Å². The third-order valence-corrected chi connectivity index (χ3v) is 5.37. The molecule has 16 heteroatoms. The van der Waals surface area contributed by atoms with E-state index in [4.69, 9.17) is 9.11 Å². The minimum Gasteiger partial charge on any atom is -0.286 e. The summed E-state index contributed by atoms with van der Waals surface area (Å²) in [6.45, 7) is 0. The zero-order chi connectivity index (χ0) is 22.4. The van der Waals surface area contributed by atoms with Gasteiger partial charge in [-0.2, -0.15) is 37.6 Å². The lowest BCUT2D eigenvalue weighted by Crippen LogP contribution is -2.27. The monoisotopic (exact) mass is 450 g/mol. The van der Waals surface area contributed by atoms with Crippen molar-refractivity contribution in [3.8, 4) is 12.1 Å². The molecule has 0 spiro atoms. The van der Waals surface area contributed by atoms with Crippen LogP contribution >= 0.6 is 0 Å². The average molecular weight is 450 g/mol. The molecule has 152 valence electrons. The van der Waals surface area contributed by atoms with Gasteiger partial charge in [-0.15, -0.1) is 0 Å². The fraction of sp³-hybridized carbons (Fsp3) is 0. The Morgan fingerprint density at radius 3 is 1.33 bits per heavy atom. The molecule has 0 fully saturated rings. The van der Waals surface area contributed by atoms with E-state index in [1.165, 1.54) is 12.1 Å². The topological polar surface area (TPSA) is 226 Å². The molecule has 1 aliphatic carbocycles. The molecule has 14 nitrogen and oxygen atoms in total. The molecule has 0 bridgehead atoms. The van der Waals surface area contributed by atoms with Crippen LogP contribution in [0.25, 0.3) is 11.4 Å². The van der Waals surface area contributed by atoms with Crippen LogP contribution in [-0.2, 0) is 29.8 Å². The number of allylic oxidation sites excluding steroid dienone is 4. The summed E-state index contributed by atoms with van der Waals surface area (Å²) in [5.74, 6) is -2.45. The van der Waals surface area contributed by atoms with Crippen LogP contribution in [0.4, 0.5) is 0 Å². The van der Waals surface area contributed by atoms with Gasteiger partial charge in [0.15, 0.2) is 0 Å². The molecular formula is C14H6N6O8S2. The van der Waals surface area contributed by atoms with Crippen molar-refractivity contribution in [3.05, 3.63) is 35.9 Å². The normalized spacial score (nSPS) is 15.3. The summed E-state index contributed by atoms with van der Waals surface area (Å²) in [6.07, 6.45) is 2.57. The molecule has 0 aromatic carbocycles. The Morgan fingerprint density at radius 2 is 1.10 bits per heavy atom. The predicted octanol–water partition coefficient (Wildman–Crippen LogP) is -1.11. The van der Waals surface area contributed by atoms with E-state index >= 15 is 0 Å². The van der Waals surface area contributed by atoms with E-state index in [1.54, 1.807) is 0 Å². The van der Waals surface area contributed by atoms with Gasteiger partial charge in [-0.1, -0.05) is 0 Å². The minimum absolute atomic E-state index is 0.541. The van der Waals surface area contributed by atoms with E-state index in [0.717, 1.165) is 0 Å². The highest BCUT2D eigenvalue weighted by Crippen LogP contribution is 2.30. The maximum Gasteiger partial charge on any atom is 0.297 e. The highest BCUT2D eigenvalue weighted by Gasteiger charge is 2.38. The van der Waals surface area contributed by atoms with Crippen molar-refractivity contribution in [1.82, 2.24) is 19.6 Å². The van der Waals surface area contributed by atoms with E-state index in [9.17, 15) is 36.9 Å². The quantitative estimate of drug-likeness (QED) is 0.417. The van der Waals surface area contributed by atoms with Crippen LogP contribution in [0.1, 0.15) is 0 Å². The number of carbonyl (C=O) groups is 2. The van der Waals surface area contributed by atoms with Crippen LogP contribution in [0.5, 0.6) is 0 Å². The highest BCUT2D eigenvalue weighted by molar-refractivity contribution is 7.86. The van der Waals surface area contributed by atoms with E-state index in [2.05, 4.69) is 10.2 Å². The molecule has 0 radical (unpaired) electrons. The van der Waals surface area contributed by atoms with Crippen molar-refractivity contribution in [1.29, 1.82) is 10.5 Å². The van der Waals surface area contributed by atoms with Gasteiger partial charge in [0.25, 0.3) is 20.2 Å². The Kier molecular flexibility index (Phi) is 4.73. The second kappa shape index (κ2) is 6.83. The van der Waals surface area contributed by atoms with E-state index in [-0.39, 0.29) is 0 Å². The molecule has 2 aromatic rings. The van der Waals surface area contributed by atoms with Gasteiger partial charge in [0, 0.05) is 0 Å². The van der Waals surface area contributed by atoms with Crippen LogP contribution in [0.2, 0.25) is 0 Å². The first kappa shape index (κ1) is 20.8. The number of nitrogens with zero attached hydrogens (tertiary/aromatic N) is 6. The summed E-state index contributed by atoms with van der Waals surface area (Å²) < 4.78 is 64.4. The highest BCUT2D eigenvalue weighted by atomic mass is 32.2. The van der Waals surface area contributed by atoms with Gasteiger partial charge < -0.3 is 0 Å². The summed E-state index contributed by atoms with van der Waals surface area (Å²) in [5, 5.41) is 25.5. The first-order valence-corrected chi connectivity index (χ1v) is 10.2. The van der Waals surface area contributed by atoms with Gasteiger partial charge in [0.2, 0.25) is 11.6 Å². The SMILES string of the molecule is N#CC1=C(C#N)C(=O)C(n2cc(S(=O)(=O)O)cn2)=C(n2cc(S(=O)(=O)O)cn2)C1=O. The summed E-state index contributed by atoms with van der Waals surface area (Å²) in [5.41, 5.74) is -3.24. The minimum atomic E-state index is -4.75. The number of nitriles is 2. The fourth-order valence-electron chi connectivity index (χ4n) is 2.44. The van der Waals surface area contributed by atoms with Crippen LogP contribution in [0, 0.1) is 22.7 Å². The van der Waals surface area contributed by atoms with Crippen LogP contribution < -0.4 is 0 Å². The fourth-order valence-corrected chi connectivity index (χ4v) is 3.27.